The van der Waals surface area contributed by atoms with E-state index < -0.39 is 0 Å². The zero-order valence-electron chi connectivity index (χ0n) is 15.6. The normalized spacial score (nSPS) is 15.6. The van der Waals surface area contributed by atoms with Crippen molar-refractivity contribution >= 4 is 5.97 Å². The number of ether oxygens (including phenoxy) is 2. The van der Waals surface area contributed by atoms with E-state index in [0.717, 1.165) is 18.7 Å². The van der Waals surface area contributed by atoms with Crippen LogP contribution >= 0.6 is 0 Å². The number of nitrogens with zero attached hydrogens (tertiary/aromatic N) is 1. The zero-order valence-corrected chi connectivity index (χ0v) is 15.6. The van der Waals surface area contributed by atoms with Crippen LogP contribution in [0.5, 0.6) is 0 Å². The first-order valence-electron chi connectivity index (χ1n) is 9.16. The summed E-state index contributed by atoms with van der Waals surface area (Å²) in [6.45, 7) is 8.05. The van der Waals surface area contributed by atoms with Crippen molar-refractivity contribution < 1.29 is 14.3 Å². The fourth-order valence-electron chi connectivity index (χ4n) is 3.19. The predicted molar refractivity (Wildman–Crippen MR) is 102 cm³/mol. The second-order valence-electron chi connectivity index (χ2n) is 7.24. The van der Waals surface area contributed by atoms with E-state index in [-0.39, 0.29) is 11.4 Å². The van der Waals surface area contributed by atoms with Crippen LogP contribution in [0.1, 0.15) is 30.5 Å². The first kappa shape index (κ1) is 18.6. The molecule has 0 radical (unpaired) electrons. The molecule has 4 nitrogen and oxygen atoms in total. The SMILES string of the molecule is CC(C)(c1ccccc1)c1ccc(COC(=O)CN2CCOCC2)cc1. The largest absolute Gasteiger partial charge is 0.460 e. The minimum Gasteiger partial charge on any atom is -0.460 e. The van der Waals surface area contributed by atoms with Crippen LogP contribution in [0.4, 0.5) is 0 Å². The molecule has 26 heavy (non-hydrogen) atoms. The van der Waals surface area contributed by atoms with Crippen LogP contribution in [0.2, 0.25) is 0 Å². The third-order valence-electron chi connectivity index (χ3n) is 5.03. The number of rotatable bonds is 6. The molecule has 0 unspecified atom stereocenters. The van der Waals surface area contributed by atoms with Gasteiger partial charge >= 0.3 is 5.97 Å². The minimum absolute atomic E-state index is 0.0627. The fraction of sp³-hybridized carbons (Fsp3) is 0.409. The summed E-state index contributed by atoms with van der Waals surface area (Å²) in [5.41, 5.74) is 3.47. The predicted octanol–water partition coefficient (Wildman–Crippen LogP) is 3.39. The molecular weight excluding hydrogens is 326 g/mol. The number of esters is 1. The molecule has 1 fully saturated rings. The third kappa shape index (κ3) is 4.71. The molecule has 3 rings (SSSR count). The Kier molecular flexibility index (Phi) is 6.07. The van der Waals surface area contributed by atoms with E-state index in [1.165, 1.54) is 11.1 Å². The molecule has 1 aliphatic heterocycles. The standard InChI is InChI=1S/C22H27NO3/c1-22(2,19-6-4-3-5-7-19)20-10-8-18(9-11-20)17-26-21(24)16-23-12-14-25-15-13-23/h3-11H,12-17H2,1-2H3. The van der Waals surface area contributed by atoms with Crippen LogP contribution in [-0.4, -0.2) is 43.7 Å². The number of benzene rings is 2. The highest BCUT2D eigenvalue weighted by molar-refractivity contribution is 5.71. The van der Waals surface area contributed by atoms with Gasteiger partial charge in [-0.05, 0) is 16.7 Å². The van der Waals surface area contributed by atoms with Crippen molar-refractivity contribution in [3.63, 3.8) is 0 Å². The number of morpholine rings is 1. The lowest BCUT2D eigenvalue weighted by Gasteiger charge is -2.26. The second-order valence-corrected chi connectivity index (χ2v) is 7.24. The highest BCUT2D eigenvalue weighted by Crippen LogP contribution is 2.31. The van der Waals surface area contributed by atoms with Crippen LogP contribution < -0.4 is 0 Å². The van der Waals surface area contributed by atoms with Gasteiger partial charge < -0.3 is 9.47 Å². The van der Waals surface area contributed by atoms with Crippen molar-refractivity contribution in [2.75, 3.05) is 32.8 Å². The summed E-state index contributed by atoms with van der Waals surface area (Å²) < 4.78 is 10.7. The van der Waals surface area contributed by atoms with Gasteiger partial charge in [0.2, 0.25) is 0 Å². The average molecular weight is 353 g/mol. The topological polar surface area (TPSA) is 38.8 Å². The van der Waals surface area contributed by atoms with Crippen molar-refractivity contribution in [3.05, 3.63) is 71.3 Å². The minimum atomic E-state index is -0.180. The van der Waals surface area contributed by atoms with Gasteiger partial charge in [0.15, 0.2) is 0 Å². The van der Waals surface area contributed by atoms with Gasteiger partial charge in [0.25, 0.3) is 0 Å². The molecule has 0 saturated carbocycles. The van der Waals surface area contributed by atoms with Gasteiger partial charge in [-0.3, -0.25) is 9.69 Å². The molecule has 2 aromatic carbocycles. The van der Waals surface area contributed by atoms with E-state index in [2.05, 4.69) is 55.1 Å². The van der Waals surface area contributed by atoms with Crippen molar-refractivity contribution in [3.8, 4) is 0 Å². The molecule has 0 atom stereocenters. The van der Waals surface area contributed by atoms with E-state index >= 15 is 0 Å². The third-order valence-corrected chi connectivity index (χ3v) is 5.03. The fourth-order valence-corrected chi connectivity index (χ4v) is 3.19. The van der Waals surface area contributed by atoms with Crippen molar-refractivity contribution in [2.24, 2.45) is 0 Å². The Morgan fingerprint density at radius 2 is 1.62 bits per heavy atom. The maximum Gasteiger partial charge on any atom is 0.320 e. The van der Waals surface area contributed by atoms with Gasteiger partial charge in [-0.15, -0.1) is 0 Å². The molecule has 0 bridgehead atoms. The van der Waals surface area contributed by atoms with Gasteiger partial charge in [0.1, 0.15) is 6.61 Å². The molecule has 1 heterocycles. The summed E-state index contributed by atoms with van der Waals surface area (Å²) in [7, 11) is 0. The molecule has 2 aromatic rings. The van der Waals surface area contributed by atoms with Crippen molar-refractivity contribution in [2.45, 2.75) is 25.9 Å². The van der Waals surface area contributed by atoms with Gasteiger partial charge in [-0.2, -0.15) is 0 Å². The number of carbonyl (C=O) groups excluding carboxylic acids is 1. The molecule has 0 spiro atoms. The Morgan fingerprint density at radius 1 is 1.00 bits per heavy atom. The number of hydrogen-bond donors (Lipinski definition) is 0. The van der Waals surface area contributed by atoms with Crippen molar-refractivity contribution in [1.29, 1.82) is 0 Å². The van der Waals surface area contributed by atoms with Crippen LogP contribution in [0.15, 0.2) is 54.6 Å². The first-order chi connectivity index (χ1) is 12.6. The van der Waals surface area contributed by atoms with E-state index in [1.54, 1.807) is 0 Å². The van der Waals surface area contributed by atoms with Crippen LogP contribution in [-0.2, 0) is 26.3 Å². The summed E-state index contributed by atoms with van der Waals surface area (Å²) in [5.74, 6) is -0.180. The molecular formula is C22H27NO3. The average Bonchev–Trinajstić information content (AvgIpc) is 2.68. The Morgan fingerprint density at radius 3 is 2.27 bits per heavy atom. The van der Waals surface area contributed by atoms with Gasteiger partial charge in [0, 0.05) is 18.5 Å². The molecule has 1 saturated heterocycles. The van der Waals surface area contributed by atoms with Crippen LogP contribution in [0, 0.1) is 0 Å². The lowest BCUT2D eigenvalue weighted by atomic mass is 9.78. The van der Waals surface area contributed by atoms with E-state index in [0.29, 0.717) is 26.4 Å². The molecule has 0 aromatic heterocycles. The Hall–Kier alpha value is -2.17. The maximum absolute atomic E-state index is 12.0. The second kappa shape index (κ2) is 8.47. The first-order valence-corrected chi connectivity index (χ1v) is 9.16. The zero-order chi connectivity index (χ0) is 18.4. The molecule has 4 heteroatoms. The summed E-state index contributed by atoms with van der Waals surface area (Å²) in [6.07, 6.45) is 0. The van der Waals surface area contributed by atoms with E-state index in [4.69, 9.17) is 9.47 Å². The summed E-state index contributed by atoms with van der Waals surface area (Å²) in [4.78, 5) is 14.1. The highest BCUT2D eigenvalue weighted by atomic mass is 16.5. The number of hydrogen-bond acceptors (Lipinski definition) is 4. The Bertz CT molecular complexity index is 704. The molecule has 0 amide bonds. The summed E-state index contributed by atoms with van der Waals surface area (Å²) >= 11 is 0. The molecule has 1 aliphatic rings. The Labute approximate surface area is 155 Å². The van der Waals surface area contributed by atoms with Crippen LogP contribution in [0.3, 0.4) is 0 Å². The highest BCUT2D eigenvalue weighted by Gasteiger charge is 2.22. The quantitative estimate of drug-likeness (QED) is 0.746. The van der Waals surface area contributed by atoms with Gasteiger partial charge in [-0.25, -0.2) is 0 Å². The molecule has 138 valence electrons. The summed E-state index contributed by atoms with van der Waals surface area (Å²) in [5, 5.41) is 0. The molecule has 0 aliphatic carbocycles. The van der Waals surface area contributed by atoms with Crippen LogP contribution in [0.25, 0.3) is 0 Å². The van der Waals surface area contributed by atoms with E-state index in [1.807, 2.05) is 18.2 Å². The molecule has 0 N–H and O–H groups in total. The van der Waals surface area contributed by atoms with Gasteiger partial charge in [0.05, 0.1) is 19.8 Å². The lowest BCUT2D eigenvalue weighted by molar-refractivity contribution is -0.147. The van der Waals surface area contributed by atoms with Crippen molar-refractivity contribution in [1.82, 2.24) is 4.90 Å². The number of carbonyl (C=O) groups is 1. The Balaban J connectivity index is 1.55. The smallest absolute Gasteiger partial charge is 0.320 e. The maximum atomic E-state index is 12.0. The monoisotopic (exact) mass is 353 g/mol. The van der Waals surface area contributed by atoms with E-state index in [9.17, 15) is 4.79 Å². The van der Waals surface area contributed by atoms with Gasteiger partial charge in [-0.1, -0.05) is 68.4 Å². The summed E-state index contributed by atoms with van der Waals surface area (Å²) in [6, 6.07) is 18.8. The lowest BCUT2D eigenvalue weighted by Crippen LogP contribution is -2.40.